The Kier molecular flexibility index (Phi) is 4.20. The van der Waals surface area contributed by atoms with Crippen molar-refractivity contribution in [1.82, 2.24) is 5.32 Å². The fourth-order valence-corrected chi connectivity index (χ4v) is 2.28. The molecule has 1 amide bonds. The summed E-state index contributed by atoms with van der Waals surface area (Å²) in [7, 11) is 3.96. The fourth-order valence-electron chi connectivity index (χ4n) is 2.28. The molecule has 1 aromatic rings. The van der Waals surface area contributed by atoms with Gasteiger partial charge in [-0.2, -0.15) is 0 Å². The number of benzene rings is 1. The molecule has 4 heteroatoms. The summed E-state index contributed by atoms with van der Waals surface area (Å²) in [5.41, 5.74) is 1.92. The van der Waals surface area contributed by atoms with Gasteiger partial charge in [0.05, 0.1) is 17.3 Å². The summed E-state index contributed by atoms with van der Waals surface area (Å²) < 4.78 is 0. The van der Waals surface area contributed by atoms with E-state index in [2.05, 4.69) is 10.6 Å². The summed E-state index contributed by atoms with van der Waals surface area (Å²) in [6, 6.07) is 7.88. The molecule has 0 spiro atoms. The number of nitrogens with one attached hydrogen (secondary N) is 2. The van der Waals surface area contributed by atoms with E-state index in [-0.39, 0.29) is 11.8 Å². The SMILES string of the molecule is CN(C)c1ccccc1NC(=O)C1CCCNC1. The highest BCUT2D eigenvalue weighted by Gasteiger charge is 2.21. The zero-order valence-electron chi connectivity index (χ0n) is 11.1. The quantitative estimate of drug-likeness (QED) is 0.854. The highest BCUT2D eigenvalue weighted by molar-refractivity contribution is 5.95. The van der Waals surface area contributed by atoms with E-state index < -0.39 is 0 Å². The van der Waals surface area contributed by atoms with Gasteiger partial charge in [0.2, 0.25) is 5.91 Å². The first-order chi connectivity index (χ1) is 8.68. The smallest absolute Gasteiger partial charge is 0.228 e. The molecule has 1 saturated heterocycles. The van der Waals surface area contributed by atoms with Crippen LogP contribution in [-0.4, -0.2) is 33.1 Å². The highest BCUT2D eigenvalue weighted by Crippen LogP contribution is 2.24. The minimum atomic E-state index is 0.0916. The molecule has 0 radical (unpaired) electrons. The van der Waals surface area contributed by atoms with Crippen LogP contribution in [0.25, 0.3) is 0 Å². The van der Waals surface area contributed by atoms with Crippen LogP contribution in [0, 0.1) is 5.92 Å². The number of rotatable bonds is 3. The molecule has 98 valence electrons. The van der Waals surface area contributed by atoms with Gasteiger partial charge in [-0.15, -0.1) is 0 Å². The maximum atomic E-state index is 12.2. The predicted molar refractivity (Wildman–Crippen MR) is 75.0 cm³/mol. The Morgan fingerprint density at radius 3 is 2.83 bits per heavy atom. The molecule has 4 nitrogen and oxygen atoms in total. The predicted octanol–water partition coefficient (Wildman–Crippen LogP) is 1.69. The van der Waals surface area contributed by atoms with Crippen LogP contribution in [-0.2, 0) is 4.79 Å². The Morgan fingerprint density at radius 1 is 1.39 bits per heavy atom. The number of carbonyl (C=O) groups is 1. The van der Waals surface area contributed by atoms with Gasteiger partial charge in [-0.3, -0.25) is 4.79 Å². The van der Waals surface area contributed by atoms with Crippen molar-refractivity contribution in [2.75, 3.05) is 37.4 Å². The minimum Gasteiger partial charge on any atom is -0.376 e. The van der Waals surface area contributed by atoms with E-state index in [1.807, 2.05) is 43.3 Å². The molecular weight excluding hydrogens is 226 g/mol. The summed E-state index contributed by atoms with van der Waals surface area (Å²) in [6.07, 6.45) is 2.05. The second kappa shape index (κ2) is 5.87. The van der Waals surface area contributed by atoms with Gasteiger partial charge in [0, 0.05) is 20.6 Å². The van der Waals surface area contributed by atoms with Crippen molar-refractivity contribution >= 4 is 17.3 Å². The number of nitrogens with zero attached hydrogens (tertiary/aromatic N) is 1. The van der Waals surface area contributed by atoms with Crippen LogP contribution < -0.4 is 15.5 Å². The van der Waals surface area contributed by atoms with E-state index in [9.17, 15) is 4.79 Å². The zero-order valence-corrected chi connectivity index (χ0v) is 11.1. The molecule has 0 aliphatic carbocycles. The second-order valence-electron chi connectivity index (χ2n) is 4.94. The van der Waals surface area contributed by atoms with Crippen molar-refractivity contribution in [3.63, 3.8) is 0 Å². The Balaban J connectivity index is 2.06. The molecule has 1 atom stereocenters. The maximum Gasteiger partial charge on any atom is 0.228 e. The van der Waals surface area contributed by atoms with Gasteiger partial charge >= 0.3 is 0 Å². The summed E-state index contributed by atoms with van der Waals surface area (Å²) in [5.74, 6) is 0.213. The molecule has 1 aliphatic rings. The number of carbonyl (C=O) groups excluding carboxylic acids is 1. The Hall–Kier alpha value is -1.55. The number of para-hydroxylation sites is 2. The summed E-state index contributed by atoms with van der Waals surface area (Å²) in [4.78, 5) is 14.2. The van der Waals surface area contributed by atoms with Crippen LogP contribution in [0.3, 0.4) is 0 Å². The third-order valence-corrected chi connectivity index (χ3v) is 3.31. The molecule has 2 N–H and O–H groups in total. The van der Waals surface area contributed by atoms with Gasteiger partial charge in [-0.05, 0) is 31.5 Å². The van der Waals surface area contributed by atoms with Crippen LogP contribution in [0.1, 0.15) is 12.8 Å². The largest absolute Gasteiger partial charge is 0.376 e. The minimum absolute atomic E-state index is 0.0916. The normalized spacial score (nSPS) is 19.3. The van der Waals surface area contributed by atoms with Crippen LogP contribution in [0.5, 0.6) is 0 Å². The van der Waals surface area contributed by atoms with E-state index in [1.165, 1.54) is 0 Å². The molecule has 0 saturated carbocycles. The van der Waals surface area contributed by atoms with E-state index >= 15 is 0 Å². The summed E-state index contributed by atoms with van der Waals surface area (Å²) in [6.45, 7) is 1.81. The Morgan fingerprint density at radius 2 is 2.17 bits per heavy atom. The first-order valence-corrected chi connectivity index (χ1v) is 6.46. The lowest BCUT2D eigenvalue weighted by Gasteiger charge is -2.23. The van der Waals surface area contributed by atoms with Crippen LogP contribution in [0.4, 0.5) is 11.4 Å². The highest BCUT2D eigenvalue weighted by atomic mass is 16.1. The molecule has 1 unspecified atom stereocenters. The lowest BCUT2D eigenvalue weighted by Crippen LogP contribution is -2.37. The van der Waals surface area contributed by atoms with Gasteiger partial charge in [-0.1, -0.05) is 12.1 Å². The topological polar surface area (TPSA) is 44.4 Å². The summed E-state index contributed by atoms with van der Waals surface area (Å²) in [5, 5.41) is 6.31. The molecule has 1 heterocycles. The number of hydrogen-bond acceptors (Lipinski definition) is 3. The van der Waals surface area contributed by atoms with Gasteiger partial charge in [0.1, 0.15) is 0 Å². The monoisotopic (exact) mass is 247 g/mol. The van der Waals surface area contributed by atoms with E-state index in [1.54, 1.807) is 0 Å². The molecule has 0 aromatic heterocycles. The molecule has 1 fully saturated rings. The van der Waals surface area contributed by atoms with E-state index in [0.717, 1.165) is 37.3 Å². The van der Waals surface area contributed by atoms with Crippen molar-refractivity contribution < 1.29 is 4.79 Å². The van der Waals surface area contributed by atoms with Crippen LogP contribution in [0.15, 0.2) is 24.3 Å². The van der Waals surface area contributed by atoms with Gasteiger partial charge < -0.3 is 15.5 Å². The van der Waals surface area contributed by atoms with Crippen molar-refractivity contribution in [2.45, 2.75) is 12.8 Å². The fraction of sp³-hybridized carbons (Fsp3) is 0.500. The molecular formula is C14H21N3O. The van der Waals surface area contributed by atoms with E-state index in [4.69, 9.17) is 0 Å². The maximum absolute atomic E-state index is 12.2. The van der Waals surface area contributed by atoms with Gasteiger partial charge in [0.15, 0.2) is 0 Å². The first kappa shape index (κ1) is 12.9. The van der Waals surface area contributed by atoms with Crippen LogP contribution in [0.2, 0.25) is 0 Å². The number of piperidine rings is 1. The van der Waals surface area contributed by atoms with Crippen molar-refractivity contribution in [3.8, 4) is 0 Å². The third-order valence-electron chi connectivity index (χ3n) is 3.31. The molecule has 1 aromatic carbocycles. The van der Waals surface area contributed by atoms with Crippen molar-refractivity contribution in [3.05, 3.63) is 24.3 Å². The Labute approximate surface area is 108 Å². The number of anilines is 2. The first-order valence-electron chi connectivity index (χ1n) is 6.46. The molecule has 0 bridgehead atoms. The van der Waals surface area contributed by atoms with E-state index in [0.29, 0.717) is 0 Å². The lowest BCUT2D eigenvalue weighted by molar-refractivity contribution is -0.120. The lowest BCUT2D eigenvalue weighted by atomic mass is 9.98. The Bertz CT molecular complexity index is 411. The van der Waals surface area contributed by atoms with Crippen molar-refractivity contribution in [1.29, 1.82) is 0 Å². The average Bonchev–Trinajstić information content (AvgIpc) is 2.40. The number of amides is 1. The van der Waals surface area contributed by atoms with Crippen LogP contribution >= 0.6 is 0 Å². The van der Waals surface area contributed by atoms with Gasteiger partial charge in [-0.25, -0.2) is 0 Å². The van der Waals surface area contributed by atoms with Gasteiger partial charge in [0.25, 0.3) is 0 Å². The molecule has 2 rings (SSSR count). The zero-order chi connectivity index (χ0) is 13.0. The molecule has 18 heavy (non-hydrogen) atoms. The molecule has 1 aliphatic heterocycles. The second-order valence-corrected chi connectivity index (χ2v) is 4.94. The standard InChI is InChI=1S/C14H21N3O/c1-17(2)13-8-4-3-7-12(13)16-14(18)11-6-5-9-15-10-11/h3-4,7-8,11,15H,5-6,9-10H2,1-2H3,(H,16,18). The van der Waals surface area contributed by atoms with Crippen molar-refractivity contribution in [2.24, 2.45) is 5.92 Å². The average molecular weight is 247 g/mol. The number of hydrogen-bond donors (Lipinski definition) is 2. The third kappa shape index (κ3) is 3.01. The summed E-state index contributed by atoms with van der Waals surface area (Å²) >= 11 is 0.